The molecular weight excluding hydrogens is 400 g/mol. The summed E-state index contributed by atoms with van der Waals surface area (Å²) in [7, 11) is 0. The molecule has 4 rings (SSSR count). The van der Waals surface area contributed by atoms with Gasteiger partial charge in [-0.3, -0.25) is 19.3 Å². The Balaban J connectivity index is 1.60. The van der Waals surface area contributed by atoms with E-state index in [1.807, 2.05) is 41.1 Å². The van der Waals surface area contributed by atoms with Crippen LogP contribution >= 0.6 is 22.9 Å². The number of aryl methyl sites for hydroxylation is 1. The largest absolute Gasteiger partial charge is 0.322 e. The van der Waals surface area contributed by atoms with Crippen LogP contribution in [0.15, 0.2) is 54.0 Å². The molecule has 2 aromatic carbocycles. The van der Waals surface area contributed by atoms with Gasteiger partial charge in [0.15, 0.2) is 4.96 Å². The van der Waals surface area contributed by atoms with E-state index in [9.17, 15) is 14.9 Å². The van der Waals surface area contributed by atoms with E-state index >= 15 is 0 Å². The minimum Gasteiger partial charge on any atom is -0.322 e. The summed E-state index contributed by atoms with van der Waals surface area (Å²) in [4.78, 5) is 28.4. The van der Waals surface area contributed by atoms with Crippen molar-refractivity contribution in [2.75, 3.05) is 5.32 Å². The number of thiazole rings is 1. The third-order valence-corrected chi connectivity index (χ3v) is 5.49. The third kappa shape index (κ3) is 3.35. The van der Waals surface area contributed by atoms with Crippen LogP contribution < -0.4 is 5.32 Å². The smallest absolute Gasteiger partial charge is 0.288 e. The number of carbonyl (C=O) groups excluding carboxylic acids is 1. The topological polar surface area (TPSA) is 89.5 Å². The van der Waals surface area contributed by atoms with Crippen LogP contribution in [0.5, 0.6) is 0 Å². The van der Waals surface area contributed by atoms with Gasteiger partial charge in [-0.2, -0.15) is 0 Å². The van der Waals surface area contributed by atoms with E-state index in [1.54, 1.807) is 17.4 Å². The first-order chi connectivity index (χ1) is 13.4. The van der Waals surface area contributed by atoms with Crippen LogP contribution in [0, 0.1) is 17.0 Å². The van der Waals surface area contributed by atoms with E-state index in [0.29, 0.717) is 5.69 Å². The standard InChI is InChI=1S/C19H13ClN4O3S/c1-11-10-28-19-22-16(9-23(11)19)12-3-2-4-14(7-12)21-18(25)13-5-6-15(20)17(8-13)24(26)27/h2-10H,1H3,(H,21,25). The Hall–Kier alpha value is -3.23. The lowest BCUT2D eigenvalue weighted by Crippen LogP contribution is -2.12. The second kappa shape index (κ2) is 7.06. The minimum atomic E-state index is -0.619. The van der Waals surface area contributed by atoms with Gasteiger partial charge in [0.1, 0.15) is 5.02 Å². The molecule has 0 radical (unpaired) electrons. The molecule has 28 heavy (non-hydrogen) atoms. The zero-order chi connectivity index (χ0) is 19.8. The van der Waals surface area contributed by atoms with Crippen LogP contribution in [0.25, 0.3) is 16.2 Å². The molecule has 0 bridgehead atoms. The van der Waals surface area contributed by atoms with Crippen molar-refractivity contribution in [1.29, 1.82) is 0 Å². The molecule has 0 aliphatic rings. The van der Waals surface area contributed by atoms with Crippen molar-refractivity contribution < 1.29 is 9.72 Å². The number of amides is 1. The number of hydrogen-bond acceptors (Lipinski definition) is 5. The normalized spacial score (nSPS) is 10.9. The van der Waals surface area contributed by atoms with Gasteiger partial charge in [-0.15, -0.1) is 11.3 Å². The number of nitro groups is 1. The Bertz CT molecular complexity index is 1230. The quantitative estimate of drug-likeness (QED) is 0.369. The number of rotatable bonds is 4. The molecule has 0 aliphatic heterocycles. The predicted molar refractivity (Wildman–Crippen MR) is 109 cm³/mol. The molecule has 0 fully saturated rings. The Morgan fingerprint density at radius 1 is 1.29 bits per heavy atom. The number of nitrogens with one attached hydrogen (secondary N) is 1. The third-order valence-electron chi connectivity index (χ3n) is 4.21. The number of anilines is 1. The average molecular weight is 413 g/mol. The van der Waals surface area contributed by atoms with E-state index in [4.69, 9.17) is 11.6 Å². The van der Waals surface area contributed by atoms with Crippen molar-refractivity contribution in [2.24, 2.45) is 0 Å². The fraction of sp³-hybridized carbons (Fsp3) is 0.0526. The molecule has 140 valence electrons. The lowest BCUT2D eigenvalue weighted by Gasteiger charge is -2.07. The highest BCUT2D eigenvalue weighted by molar-refractivity contribution is 7.15. The summed E-state index contributed by atoms with van der Waals surface area (Å²) in [6.45, 7) is 2.01. The number of halogens is 1. The Morgan fingerprint density at radius 2 is 2.11 bits per heavy atom. The molecule has 0 atom stereocenters. The number of fused-ring (bicyclic) bond motifs is 1. The first-order valence-electron chi connectivity index (χ1n) is 8.21. The van der Waals surface area contributed by atoms with E-state index in [1.165, 1.54) is 12.1 Å². The second-order valence-corrected chi connectivity index (χ2v) is 7.36. The molecule has 0 spiro atoms. The van der Waals surface area contributed by atoms with Gasteiger partial charge < -0.3 is 5.32 Å². The van der Waals surface area contributed by atoms with Crippen molar-refractivity contribution >= 4 is 45.2 Å². The Labute approximate surface area is 168 Å². The highest BCUT2D eigenvalue weighted by atomic mass is 35.5. The average Bonchev–Trinajstić information content (AvgIpc) is 3.24. The fourth-order valence-electron chi connectivity index (χ4n) is 2.79. The monoisotopic (exact) mass is 412 g/mol. The van der Waals surface area contributed by atoms with Crippen molar-refractivity contribution in [1.82, 2.24) is 9.38 Å². The molecule has 2 aromatic heterocycles. The summed E-state index contributed by atoms with van der Waals surface area (Å²) in [5, 5.41) is 15.8. The zero-order valence-electron chi connectivity index (χ0n) is 14.5. The molecule has 7 nitrogen and oxygen atoms in total. The maximum atomic E-state index is 12.5. The summed E-state index contributed by atoms with van der Waals surface area (Å²) in [6.07, 6.45) is 1.95. The van der Waals surface area contributed by atoms with Crippen molar-refractivity contribution in [3.05, 3.63) is 80.4 Å². The number of aromatic nitrogens is 2. The Morgan fingerprint density at radius 3 is 2.86 bits per heavy atom. The summed E-state index contributed by atoms with van der Waals surface area (Å²) in [5.41, 5.74) is 3.17. The molecule has 1 N–H and O–H groups in total. The molecule has 0 aliphatic carbocycles. The number of hydrogen-bond donors (Lipinski definition) is 1. The van der Waals surface area contributed by atoms with Gasteiger partial charge in [0.25, 0.3) is 11.6 Å². The minimum absolute atomic E-state index is 0.0152. The van der Waals surface area contributed by atoms with Crippen molar-refractivity contribution in [2.45, 2.75) is 6.92 Å². The number of carbonyl (C=O) groups is 1. The fourth-order valence-corrected chi connectivity index (χ4v) is 3.82. The zero-order valence-corrected chi connectivity index (χ0v) is 16.1. The molecule has 1 amide bonds. The van der Waals surface area contributed by atoms with E-state index in [0.717, 1.165) is 28.0 Å². The van der Waals surface area contributed by atoms with Gasteiger partial charge >= 0.3 is 0 Å². The summed E-state index contributed by atoms with van der Waals surface area (Å²) >= 11 is 7.36. The molecule has 0 unspecified atom stereocenters. The number of benzene rings is 2. The number of imidazole rings is 1. The molecule has 2 heterocycles. The second-order valence-electron chi connectivity index (χ2n) is 6.11. The maximum absolute atomic E-state index is 12.5. The lowest BCUT2D eigenvalue weighted by atomic mass is 10.1. The van der Waals surface area contributed by atoms with E-state index < -0.39 is 10.8 Å². The van der Waals surface area contributed by atoms with Crippen molar-refractivity contribution in [3.63, 3.8) is 0 Å². The van der Waals surface area contributed by atoms with Crippen LogP contribution in [0.2, 0.25) is 5.02 Å². The van der Waals surface area contributed by atoms with Crippen LogP contribution in [-0.4, -0.2) is 20.2 Å². The van der Waals surface area contributed by atoms with Gasteiger partial charge in [0.2, 0.25) is 0 Å². The van der Waals surface area contributed by atoms with Gasteiger partial charge in [-0.1, -0.05) is 23.7 Å². The highest BCUT2D eigenvalue weighted by Crippen LogP contribution is 2.27. The summed E-state index contributed by atoms with van der Waals surface area (Å²) < 4.78 is 2.01. The van der Waals surface area contributed by atoms with E-state index in [2.05, 4.69) is 10.3 Å². The number of nitro benzene ring substituents is 1. The number of nitrogens with zero attached hydrogens (tertiary/aromatic N) is 3. The van der Waals surface area contributed by atoms with E-state index in [-0.39, 0.29) is 16.3 Å². The van der Waals surface area contributed by atoms with Gasteiger partial charge in [0.05, 0.1) is 10.6 Å². The lowest BCUT2D eigenvalue weighted by molar-refractivity contribution is -0.384. The van der Waals surface area contributed by atoms with Gasteiger partial charge in [-0.05, 0) is 31.2 Å². The highest BCUT2D eigenvalue weighted by Gasteiger charge is 2.17. The van der Waals surface area contributed by atoms with Crippen molar-refractivity contribution in [3.8, 4) is 11.3 Å². The summed E-state index contributed by atoms with van der Waals surface area (Å²) in [5.74, 6) is -0.460. The summed E-state index contributed by atoms with van der Waals surface area (Å²) in [6, 6.07) is 11.2. The molecular formula is C19H13ClN4O3S. The van der Waals surface area contributed by atoms with Crippen LogP contribution in [0.1, 0.15) is 16.1 Å². The molecule has 0 saturated carbocycles. The molecule has 4 aromatic rings. The van der Waals surface area contributed by atoms with Gasteiger partial charge in [0, 0.05) is 40.2 Å². The van der Waals surface area contributed by atoms with Crippen LogP contribution in [-0.2, 0) is 0 Å². The maximum Gasteiger partial charge on any atom is 0.288 e. The van der Waals surface area contributed by atoms with Crippen LogP contribution in [0.4, 0.5) is 11.4 Å². The molecule has 9 heteroatoms. The Kier molecular flexibility index (Phi) is 4.58. The SMILES string of the molecule is Cc1csc2nc(-c3cccc(NC(=O)c4ccc(Cl)c([N+](=O)[O-])c4)c3)cn12. The first kappa shape index (κ1) is 18.1. The first-order valence-corrected chi connectivity index (χ1v) is 9.47. The van der Waals surface area contributed by atoms with Crippen LogP contribution in [0.3, 0.4) is 0 Å². The van der Waals surface area contributed by atoms with Gasteiger partial charge in [-0.25, -0.2) is 4.98 Å². The predicted octanol–water partition coefficient (Wildman–Crippen LogP) is 5.19. The molecule has 0 saturated heterocycles.